The lowest BCUT2D eigenvalue weighted by Crippen LogP contribution is -1.87. The van der Waals surface area contributed by atoms with Crippen molar-refractivity contribution in [2.75, 3.05) is 0 Å². The quantitative estimate of drug-likeness (QED) is 0.216. The van der Waals surface area contributed by atoms with Crippen molar-refractivity contribution < 1.29 is 8.83 Å². The molecule has 0 N–H and O–H groups in total. The maximum atomic E-state index is 9.23. The van der Waals surface area contributed by atoms with Crippen LogP contribution < -0.4 is 0 Å². The van der Waals surface area contributed by atoms with Gasteiger partial charge in [-0.2, -0.15) is 5.26 Å². The number of fused-ring (bicyclic) bond motifs is 7. The van der Waals surface area contributed by atoms with E-state index in [1.165, 1.54) is 0 Å². The van der Waals surface area contributed by atoms with Crippen LogP contribution in [0.1, 0.15) is 5.56 Å². The van der Waals surface area contributed by atoms with E-state index in [0.717, 1.165) is 88.0 Å². The molecule has 0 aliphatic heterocycles. The van der Waals surface area contributed by atoms with Crippen molar-refractivity contribution in [3.63, 3.8) is 0 Å². The van der Waals surface area contributed by atoms with Crippen molar-refractivity contribution >= 4 is 54.6 Å². The topological polar surface area (TPSA) is 50.1 Å². The molecule has 0 saturated heterocycles. The summed E-state index contributed by atoms with van der Waals surface area (Å²) in [5.41, 5.74) is 10.6. The van der Waals surface area contributed by atoms with Crippen molar-refractivity contribution in [1.29, 1.82) is 5.26 Å². The van der Waals surface area contributed by atoms with Crippen LogP contribution in [0.4, 0.5) is 0 Å². The first-order chi connectivity index (χ1) is 21.7. The molecule has 0 radical (unpaired) electrons. The average Bonchev–Trinajstić information content (AvgIpc) is 3.65. The Bertz CT molecular complexity index is 2520. The molecule has 9 rings (SSSR count). The highest BCUT2D eigenvalue weighted by molar-refractivity contribution is 6.22. The van der Waals surface area contributed by atoms with E-state index in [-0.39, 0.29) is 0 Å². The van der Waals surface area contributed by atoms with E-state index in [0.29, 0.717) is 5.56 Å². The summed E-state index contributed by atoms with van der Waals surface area (Å²) in [4.78, 5) is 0. The van der Waals surface area contributed by atoms with Gasteiger partial charge in [0.1, 0.15) is 22.3 Å². The Morgan fingerprint density at radius 1 is 0.432 bits per heavy atom. The fourth-order valence-corrected chi connectivity index (χ4v) is 6.58. The molecule has 0 aliphatic rings. The molecule has 2 heterocycles. The van der Waals surface area contributed by atoms with Gasteiger partial charge in [0.25, 0.3) is 0 Å². The van der Waals surface area contributed by atoms with Gasteiger partial charge in [-0.15, -0.1) is 0 Å². The summed E-state index contributed by atoms with van der Waals surface area (Å²) in [5, 5.41) is 15.9. The molecule has 44 heavy (non-hydrogen) atoms. The predicted octanol–water partition coefficient (Wildman–Crippen LogP) is 11.5. The molecule has 0 fully saturated rings. The average molecular weight is 562 g/mol. The molecule has 0 bridgehead atoms. The molecular weight excluding hydrogens is 538 g/mol. The standard InChI is InChI=1S/C41H23NO2/c42-24-25-13-15-26(16-14-25)31-7-1-2-8-32(31)29-19-17-28-22-30(20-18-27(28)21-29)39-40-35(33-9-3-5-11-37(33)43-40)23-36-34-10-4-6-12-38(34)44-41(36)39/h1-23H. The van der Waals surface area contributed by atoms with Crippen LogP contribution in [-0.2, 0) is 0 Å². The van der Waals surface area contributed by atoms with E-state index >= 15 is 0 Å². The van der Waals surface area contributed by atoms with Crippen LogP contribution in [0, 0.1) is 11.3 Å². The molecular formula is C41H23NO2. The van der Waals surface area contributed by atoms with E-state index < -0.39 is 0 Å². The third-order valence-electron chi connectivity index (χ3n) is 8.70. The fraction of sp³-hybridized carbons (Fsp3) is 0. The molecule has 204 valence electrons. The molecule has 0 aliphatic carbocycles. The SMILES string of the molecule is N#Cc1ccc(-c2ccccc2-c2ccc3cc(-c4c5oc6ccccc6c5cc5c4oc4ccccc45)ccc3c2)cc1. The van der Waals surface area contributed by atoms with Gasteiger partial charge in [0.15, 0.2) is 0 Å². The number of benzene rings is 7. The minimum absolute atomic E-state index is 0.658. The van der Waals surface area contributed by atoms with Crippen LogP contribution in [0.25, 0.3) is 88.0 Å². The summed E-state index contributed by atoms with van der Waals surface area (Å²) in [5.74, 6) is 0. The number of nitriles is 1. The van der Waals surface area contributed by atoms with Crippen LogP contribution in [0.15, 0.2) is 148 Å². The summed E-state index contributed by atoms with van der Waals surface area (Å²) >= 11 is 0. The van der Waals surface area contributed by atoms with Gasteiger partial charge in [-0.1, -0.05) is 97.1 Å². The normalized spacial score (nSPS) is 11.6. The third kappa shape index (κ3) is 3.68. The third-order valence-corrected chi connectivity index (χ3v) is 8.70. The largest absolute Gasteiger partial charge is 0.455 e. The number of hydrogen-bond donors (Lipinski definition) is 0. The van der Waals surface area contributed by atoms with Crippen LogP contribution in [0.5, 0.6) is 0 Å². The van der Waals surface area contributed by atoms with E-state index in [2.05, 4.69) is 97.1 Å². The van der Waals surface area contributed by atoms with E-state index in [1.54, 1.807) is 0 Å². The summed E-state index contributed by atoms with van der Waals surface area (Å²) in [6.45, 7) is 0. The Hall–Kier alpha value is -6.11. The van der Waals surface area contributed by atoms with Gasteiger partial charge in [-0.3, -0.25) is 0 Å². The lowest BCUT2D eigenvalue weighted by Gasteiger charge is -2.12. The summed E-state index contributed by atoms with van der Waals surface area (Å²) in [7, 11) is 0. The van der Waals surface area contributed by atoms with Gasteiger partial charge in [0, 0.05) is 21.5 Å². The Labute approximate surface area is 252 Å². The lowest BCUT2D eigenvalue weighted by molar-refractivity contribution is 0.658. The number of rotatable bonds is 3. The van der Waals surface area contributed by atoms with Crippen LogP contribution in [0.2, 0.25) is 0 Å². The first kappa shape index (κ1) is 24.5. The highest BCUT2D eigenvalue weighted by atomic mass is 16.3. The van der Waals surface area contributed by atoms with Gasteiger partial charge in [0.2, 0.25) is 0 Å². The van der Waals surface area contributed by atoms with Gasteiger partial charge in [0.05, 0.1) is 17.2 Å². The first-order valence-electron chi connectivity index (χ1n) is 14.6. The molecule has 0 atom stereocenters. The number of furan rings is 2. The zero-order valence-corrected chi connectivity index (χ0v) is 23.5. The van der Waals surface area contributed by atoms with E-state index in [9.17, 15) is 5.26 Å². The highest BCUT2D eigenvalue weighted by Gasteiger charge is 2.21. The van der Waals surface area contributed by atoms with Crippen molar-refractivity contribution in [1.82, 2.24) is 0 Å². The maximum absolute atomic E-state index is 9.23. The number of para-hydroxylation sites is 2. The lowest BCUT2D eigenvalue weighted by atomic mass is 9.92. The molecule has 3 nitrogen and oxygen atoms in total. The summed E-state index contributed by atoms with van der Waals surface area (Å²) in [6.07, 6.45) is 0. The van der Waals surface area contributed by atoms with Gasteiger partial charge < -0.3 is 8.83 Å². The molecule has 2 aromatic heterocycles. The second kappa shape index (κ2) is 9.46. The molecule has 9 aromatic rings. The van der Waals surface area contributed by atoms with Gasteiger partial charge in [-0.05, 0) is 81.1 Å². The predicted molar refractivity (Wildman–Crippen MR) is 180 cm³/mol. The van der Waals surface area contributed by atoms with Crippen molar-refractivity contribution in [2.45, 2.75) is 0 Å². The van der Waals surface area contributed by atoms with Gasteiger partial charge >= 0.3 is 0 Å². The summed E-state index contributed by atoms with van der Waals surface area (Å²) < 4.78 is 13.0. The Balaban J connectivity index is 1.23. The van der Waals surface area contributed by atoms with E-state index in [4.69, 9.17) is 8.83 Å². The minimum Gasteiger partial charge on any atom is -0.455 e. The van der Waals surface area contributed by atoms with Crippen molar-refractivity contribution in [2.24, 2.45) is 0 Å². The van der Waals surface area contributed by atoms with Crippen LogP contribution >= 0.6 is 0 Å². The van der Waals surface area contributed by atoms with Crippen LogP contribution in [0.3, 0.4) is 0 Å². The second-order valence-corrected chi connectivity index (χ2v) is 11.2. The first-order valence-corrected chi connectivity index (χ1v) is 14.6. The Kier molecular flexibility index (Phi) is 5.26. The van der Waals surface area contributed by atoms with E-state index in [1.807, 2.05) is 48.5 Å². The Morgan fingerprint density at radius 3 is 1.55 bits per heavy atom. The molecule has 0 amide bonds. The maximum Gasteiger partial charge on any atom is 0.147 e. The molecule has 0 spiro atoms. The second-order valence-electron chi connectivity index (χ2n) is 11.2. The molecule has 7 aromatic carbocycles. The Morgan fingerprint density at radius 2 is 0.932 bits per heavy atom. The summed E-state index contributed by atoms with van der Waals surface area (Å²) in [6, 6.07) is 50.3. The van der Waals surface area contributed by atoms with Crippen molar-refractivity contribution in [3.8, 4) is 39.4 Å². The zero-order valence-electron chi connectivity index (χ0n) is 23.5. The minimum atomic E-state index is 0.658. The van der Waals surface area contributed by atoms with Crippen LogP contribution in [-0.4, -0.2) is 0 Å². The monoisotopic (exact) mass is 561 g/mol. The fourth-order valence-electron chi connectivity index (χ4n) is 6.58. The van der Waals surface area contributed by atoms with Gasteiger partial charge in [-0.25, -0.2) is 0 Å². The smallest absolute Gasteiger partial charge is 0.147 e. The molecule has 3 heteroatoms. The number of hydrogen-bond acceptors (Lipinski definition) is 3. The molecule has 0 unspecified atom stereocenters. The van der Waals surface area contributed by atoms with Crippen molar-refractivity contribution in [3.05, 3.63) is 145 Å². The zero-order chi connectivity index (χ0) is 29.2. The number of nitrogens with zero attached hydrogens (tertiary/aromatic N) is 1. The highest BCUT2D eigenvalue weighted by Crippen LogP contribution is 2.45. The molecule has 0 saturated carbocycles.